The Bertz CT molecular complexity index is 426. The van der Waals surface area contributed by atoms with Crippen LogP contribution in [0.15, 0.2) is 6.33 Å². The Morgan fingerprint density at radius 2 is 2.25 bits per heavy atom. The van der Waals surface area contributed by atoms with Crippen LogP contribution in [-0.4, -0.2) is 29.0 Å². The van der Waals surface area contributed by atoms with Gasteiger partial charge in [0.1, 0.15) is 11.3 Å². The highest BCUT2D eigenvalue weighted by Gasteiger charge is 2.32. The molecule has 0 aliphatic carbocycles. The number of aromatic nitrogens is 2. The summed E-state index contributed by atoms with van der Waals surface area (Å²) in [5.41, 5.74) is 5.53. The second-order valence-electron chi connectivity index (χ2n) is 3.61. The summed E-state index contributed by atoms with van der Waals surface area (Å²) in [6.45, 7) is 1.00. The minimum absolute atomic E-state index is 0.0351. The first-order chi connectivity index (χ1) is 7.63. The molecule has 1 aliphatic heterocycles. The summed E-state index contributed by atoms with van der Waals surface area (Å²) in [6, 6.07) is 0. The van der Waals surface area contributed by atoms with Crippen molar-refractivity contribution >= 4 is 34.9 Å². The van der Waals surface area contributed by atoms with Crippen LogP contribution in [-0.2, 0) is 4.79 Å². The normalized spacial score (nSPS) is 20.6. The van der Waals surface area contributed by atoms with Crippen molar-refractivity contribution in [2.24, 2.45) is 11.7 Å². The van der Waals surface area contributed by atoms with Gasteiger partial charge in [-0.2, -0.15) is 0 Å². The lowest BCUT2D eigenvalue weighted by Gasteiger charge is -2.16. The van der Waals surface area contributed by atoms with E-state index in [1.165, 1.54) is 11.2 Å². The lowest BCUT2D eigenvalue weighted by atomic mass is 10.1. The monoisotopic (exact) mass is 260 g/mol. The van der Waals surface area contributed by atoms with Crippen molar-refractivity contribution < 1.29 is 4.79 Å². The number of hydrogen-bond donors (Lipinski definition) is 1. The Balaban J connectivity index is 2.31. The number of nitrogens with two attached hydrogens (primary N) is 1. The van der Waals surface area contributed by atoms with Gasteiger partial charge in [0, 0.05) is 13.0 Å². The summed E-state index contributed by atoms with van der Waals surface area (Å²) in [5, 5.41) is 0.353. The number of amides is 1. The number of carbonyl (C=O) groups is 1. The second kappa shape index (κ2) is 4.53. The molecule has 1 amide bonds. The predicted octanol–water partition coefficient (Wildman–Crippen LogP) is 1.09. The molecule has 0 saturated carbocycles. The van der Waals surface area contributed by atoms with Crippen LogP contribution < -0.4 is 10.6 Å². The Labute approximate surface area is 103 Å². The smallest absolute Gasteiger partial charge is 0.228 e. The van der Waals surface area contributed by atoms with E-state index in [1.54, 1.807) is 0 Å². The summed E-state index contributed by atoms with van der Waals surface area (Å²) in [5.74, 6) is 0.479. The van der Waals surface area contributed by atoms with E-state index in [1.807, 2.05) is 0 Å². The molecule has 1 atom stereocenters. The third-order valence-corrected chi connectivity index (χ3v) is 3.25. The van der Waals surface area contributed by atoms with E-state index in [-0.39, 0.29) is 22.0 Å². The maximum Gasteiger partial charge on any atom is 0.228 e. The van der Waals surface area contributed by atoms with Gasteiger partial charge < -0.3 is 5.73 Å². The Morgan fingerprint density at radius 1 is 1.50 bits per heavy atom. The Morgan fingerprint density at radius 3 is 2.88 bits per heavy atom. The highest BCUT2D eigenvalue weighted by molar-refractivity contribution is 6.43. The summed E-state index contributed by atoms with van der Waals surface area (Å²) >= 11 is 11.7. The molecular weight excluding hydrogens is 251 g/mol. The molecule has 7 heteroatoms. The molecular formula is C9H10Cl2N4O. The molecule has 1 aromatic rings. The van der Waals surface area contributed by atoms with Gasteiger partial charge >= 0.3 is 0 Å². The van der Waals surface area contributed by atoms with Crippen LogP contribution >= 0.6 is 23.2 Å². The fraction of sp³-hybridized carbons (Fsp3) is 0.444. The second-order valence-corrected chi connectivity index (χ2v) is 4.35. The minimum atomic E-state index is -0.0351. The van der Waals surface area contributed by atoms with Crippen LogP contribution in [0.5, 0.6) is 0 Å². The molecule has 1 saturated heterocycles. The zero-order chi connectivity index (χ0) is 11.7. The number of nitrogens with zero attached hydrogens (tertiary/aromatic N) is 3. The zero-order valence-corrected chi connectivity index (χ0v) is 9.87. The van der Waals surface area contributed by atoms with Gasteiger partial charge in [0.2, 0.25) is 5.91 Å². The maximum atomic E-state index is 11.7. The molecule has 2 rings (SSSR count). The molecule has 0 aromatic carbocycles. The first-order valence-corrected chi connectivity index (χ1v) is 5.55. The van der Waals surface area contributed by atoms with Crippen molar-refractivity contribution in [2.75, 3.05) is 18.0 Å². The summed E-state index contributed by atoms with van der Waals surface area (Å²) < 4.78 is 0. The Kier molecular flexibility index (Phi) is 3.28. The third kappa shape index (κ3) is 1.98. The summed E-state index contributed by atoms with van der Waals surface area (Å²) in [4.78, 5) is 20.9. The average molecular weight is 261 g/mol. The lowest BCUT2D eigenvalue weighted by molar-refractivity contribution is -0.117. The van der Waals surface area contributed by atoms with Gasteiger partial charge in [-0.25, -0.2) is 9.97 Å². The van der Waals surface area contributed by atoms with Crippen molar-refractivity contribution in [2.45, 2.75) is 6.42 Å². The molecule has 1 fully saturated rings. The largest absolute Gasteiger partial charge is 0.330 e. The van der Waals surface area contributed by atoms with Crippen LogP contribution in [0.2, 0.25) is 10.2 Å². The van der Waals surface area contributed by atoms with E-state index in [2.05, 4.69) is 9.97 Å². The van der Waals surface area contributed by atoms with Gasteiger partial charge in [0.15, 0.2) is 11.0 Å². The average Bonchev–Trinajstić information content (AvgIpc) is 2.64. The van der Waals surface area contributed by atoms with Crippen molar-refractivity contribution in [3.8, 4) is 0 Å². The molecule has 5 nitrogen and oxygen atoms in total. The van der Waals surface area contributed by atoms with Gasteiger partial charge in [0.05, 0.1) is 0 Å². The van der Waals surface area contributed by atoms with E-state index in [4.69, 9.17) is 28.9 Å². The number of halogens is 2. The number of rotatable bonds is 2. The van der Waals surface area contributed by atoms with Crippen LogP contribution in [0.25, 0.3) is 0 Å². The quantitative estimate of drug-likeness (QED) is 0.809. The van der Waals surface area contributed by atoms with Gasteiger partial charge in [-0.1, -0.05) is 23.2 Å². The molecule has 16 heavy (non-hydrogen) atoms. The third-order valence-electron chi connectivity index (χ3n) is 2.52. The standard InChI is InChI=1S/C9H10Cl2N4O/c10-7-8(11)13-4-14-9(7)15-3-5(2-12)1-6(15)16/h4-5H,1-3,12H2. The molecule has 0 bridgehead atoms. The first-order valence-electron chi connectivity index (χ1n) is 4.80. The lowest BCUT2D eigenvalue weighted by Crippen LogP contribution is -2.27. The number of anilines is 1. The molecule has 1 unspecified atom stereocenters. The van der Waals surface area contributed by atoms with E-state index < -0.39 is 0 Å². The fourth-order valence-electron chi connectivity index (χ4n) is 1.67. The minimum Gasteiger partial charge on any atom is -0.330 e. The van der Waals surface area contributed by atoms with E-state index >= 15 is 0 Å². The fourth-order valence-corrected chi connectivity index (χ4v) is 2.00. The van der Waals surface area contributed by atoms with Crippen LogP contribution in [0.4, 0.5) is 5.82 Å². The topological polar surface area (TPSA) is 72.1 Å². The number of carbonyl (C=O) groups excluding carboxylic acids is 1. The molecule has 1 aliphatic rings. The molecule has 0 radical (unpaired) electrons. The van der Waals surface area contributed by atoms with E-state index in [9.17, 15) is 4.79 Å². The number of hydrogen-bond acceptors (Lipinski definition) is 4. The highest BCUT2D eigenvalue weighted by atomic mass is 35.5. The van der Waals surface area contributed by atoms with Crippen LogP contribution in [0.1, 0.15) is 6.42 Å². The SMILES string of the molecule is NCC1CC(=O)N(c2ncnc(Cl)c2Cl)C1. The van der Waals surface area contributed by atoms with Gasteiger partial charge in [0.25, 0.3) is 0 Å². The van der Waals surface area contributed by atoms with Crippen LogP contribution in [0.3, 0.4) is 0 Å². The van der Waals surface area contributed by atoms with Gasteiger partial charge in [-0.3, -0.25) is 9.69 Å². The maximum absolute atomic E-state index is 11.7. The molecule has 2 heterocycles. The summed E-state index contributed by atoms with van der Waals surface area (Å²) in [7, 11) is 0. The molecule has 2 N–H and O–H groups in total. The van der Waals surface area contributed by atoms with Crippen molar-refractivity contribution in [1.82, 2.24) is 9.97 Å². The predicted molar refractivity (Wildman–Crippen MR) is 61.6 cm³/mol. The van der Waals surface area contributed by atoms with Gasteiger partial charge in [-0.15, -0.1) is 0 Å². The highest BCUT2D eigenvalue weighted by Crippen LogP contribution is 2.32. The van der Waals surface area contributed by atoms with Crippen LogP contribution in [0, 0.1) is 5.92 Å². The summed E-state index contributed by atoms with van der Waals surface area (Å²) in [6.07, 6.45) is 1.71. The van der Waals surface area contributed by atoms with Crippen molar-refractivity contribution in [3.05, 3.63) is 16.5 Å². The van der Waals surface area contributed by atoms with Gasteiger partial charge in [-0.05, 0) is 12.5 Å². The molecule has 1 aromatic heterocycles. The zero-order valence-electron chi connectivity index (χ0n) is 8.36. The van der Waals surface area contributed by atoms with E-state index in [0.29, 0.717) is 25.3 Å². The molecule has 86 valence electrons. The first kappa shape index (κ1) is 11.6. The molecule has 0 spiro atoms. The Hall–Kier alpha value is -0.910. The van der Waals surface area contributed by atoms with Crippen molar-refractivity contribution in [3.63, 3.8) is 0 Å². The van der Waals surface area contributed by atoms with E-state index in [0.717, 1.165) is 0 Å². The van der Waals surface area contributed by atoms with Crippen molar-refractivity contribution in [1.29, 1.82) is 0 Å².